The Hall–Kier alpha value is -4.19. The number of unbranched alkanes of at least 4 members (excludes halogenated alkanes) is 1. The number of hydrogen-bond acceptors (Lipinski definition) is 4. The smallest absolute Gasteiger partial charge is 0.189 e. The van der Waals surface area contributed by atoms with Crippen LogP contribution in [-0.4, -0.2) is 21.2 Å². The highest BCUT2D eigenvalue weighted by Crippen LogP contribution is 2.36. The second-order valence-electron chi connectivity index (χ2n) is 11.3. The van der Waals surface area contributed by atoms with Crippen molar-refractivity contribution in [3.8, 4) is 17.1 Å². The minimum Gasteiger partial charge on any atom is -0.467 e. The van der Waals surface area contributed by atoms with E-state index in [1.807, 2.05) is 0 Å². The van der Waals surface area contributed by atoms with Crippen LogP contribution in [0.1, 0.15) is 67.2 Å². The van der Waals surface area contributed by atoms with Crippen molar-refractivity contribution < 1.29 is 9.47 Å². The number of nitrogens with zero attached hydrogens (tertiary/aromatic N) is 3. The number of aromatic nitrogens is 2. The summed E-state index contributed by atoms with van der Waals surface area (Å²) in [6, 6.07) is 28.1. The quantitative estimate of drug-likeness (QED) is 0.180. The average molecular weight is 572 g/mol. The highest BCUT2D eigenvalue weighted by molar-refractivity contribution is 5.77. The Morgan fingerprint density at radius 2 is 1.72 bits per heavy atom. The van der Waals surface area contributed by atoms with Crippen molar-refractivity contribution >= 4 is 5.57 Å². The molecule has 0 spiro atoms. The molecule has 1 unspecified atom stereocenters. The van der Waals surface area contributed by atoms with Gasteiger partial charge in [-0.3, -0.25) is 4.90 Å². The fourth-order valence-electron chi connectivity index (χ4n) is 5.95. The van der Waals surface area contributed by atoms with Gasteiger partial charge < -0.3 is 14.0 Å². The van der Waals surface area contributed by atoms with Gasteiger partial charge in [-0.25, -0.2) is 4.98 Å². The predicted molar refractivity (Wildman–Crippen MR) is 174 cm³/mol. The molecule has 1 aromatic heterocycles. The Bertz CT molecular complexity index is 1600. The van der Waals surface area contributed by atoms with Gasteiger partial charge in [-0.2, -0.15) is 0 Å². The summed E-state index contributed by atoms with van der Waals surface area (Å²) >= 11 is 0. The second kappa shape index (κ2) is 13.9. The summed E-state index contributed by atoms with van der Waals surface area (Å²) in [6.07, 6.45) is 14.2. The third-order valence-electron chi connectivity index (χ3n) is 8.27. The van der Waals surface area contributed by atoms with Gasteiger partial charge in [0.2, 0.25) is 0 Å². The Morgan fingerprint density at radius 1 is 0.930 bits per heavy atom. The first-order valence-electron chi connectivity index (χ1n) is 15.5. The number of fused-ring (bicyclic) bond motifs is 1. The van der Waals surface area contributed by atoms with Gasteiger partial charge >= 0.3 is 0 Å². The maximum Gasteiger partial charge on any atom is 0.189 e. The summed E-state index contributed by atoms with van der Waals surface area (Å²) in [5.41, 5.74) is 8.25. The zero-order valence-corrected chi connectivity index (χ0v) is 25.3. The molecule has 6 rings (SSSR count). The molecule has 4 aromatic rings. The molecule has 0 amide bonds. The molecule has 2 aliphatic rings. The Morgan fingerprint density at radius 3 is 2.53 bits per heavy atom. The number of ether oxygens (including phenoxy) is 2. The SMILES string of the molecule is CCCCn1c(-c2ccccc2)nc(C2=CC=CCC=C2)c1C(C)N(Cc1ccccc1)Cc1ccc2c(c1)OCOC2. The highest BCUT2D eigenvalue weighted by Gasteiger charge is 2.28. The number of benzene rings is 3. The minimum atomic E-state index is 0.0823. The van der Waals surface area contributed by atoms with E-state index in [0.29, 0.717) is 13.4 Å². The molecule has 0 N–H and O–H groups in total. The summed E-state index contributed by atoms with van der Waals surface area (Å²) in [6.45, 7) is 8.03. The molecule has 1 aliphatic heterocycles. The van der Waals surface area contributed by atoms with E-state index < -0.39 is 0 Å². The number of hydrogen-bond donors (Lipinski definition) is 0. The first-order valence-corrected chi connectivity index (χ1v) is 15.5. The first kappa shape index (κ1) is 28.9. The molecule has 3 aromatic carbocycles. The fourth-order valence-corrected chi connectivity index (χ4v) is 5.95. The minimum absolute atomic E-state index is 0.0823. The molecule has 5 heteroatoms. The molecule has 220 valence electrons. The van der Waals surface area contributed by atoms with E-state index in [-0.39, 0.29) is 6.04 Å². The Balaban J connectivity index is 1.47. The van der Waals surface area contributed by atoms with Gasteiger partial charge in [-0.15, -0.1) is 0 Å². The second-order valence-corrected chi connectivity index (χ2v) is 11.3. The third-order valence-corrected chi connectivity index (χ3v) is 8.27. The lowest BCUT2D eigenvalue weighted by Gasteiger charge is -2.31. The van der Waals surface area contributed by atoms with E-state index in [1.54, 1.807) is 0 Å². The fraction of sp³-hybridized carbons (Fsp3) is 0.289. The molecule has 0 bridgehead atoms. The van der Waals surface area contributed by atoms with Crippen molar-refractivity contribution in [1.29, 1.82) is 0 Å². The van der Waals surface area contributed by atoms with Crippen molar-refractivity contribution in [3.05, 3.63) is 137 Å². The molecule has 1 aliphatic carbocycles. The van der Waals surface area contributed by atoms with Crippen molar-refractivity contribution in [1.82, 2.24) is 14.5 Å². The van der Waals surface area contributed by atoms with Gasteiger partial charge in [0.25, 0.3) is 0 Å². The first-order chi connectivity index (χ1) is 21.2. The number of allylic oxidation sites excluding steroid dienone is 6. The largest absolute Gasteiger partial charge is 0.467 e. The Labute approximate surface area is 255 Å². The maximum absolute atomic E-state index is 5.86. The molecule has 5 nitrogen and oxygen atoms in total. The van der Waals surface area contributed by atoms with Crippen LogP contribution in [0.25, 0.3) is 17.0 Å². The van der Waals surface area contributed by atoms with Crippen LogP contribution in [0.15, 0.2) is 109 Å². The zero-order chi connectivity index (χ0) is 29.4. The van der Waals surface area contributed by atoms with E-state index >= 15 is 0 Å². The molecule has 43 heavy (non-hydrogen) atoms. The van der Waals surface area contributed by atoms with Crippen LogP contribution in [0.3, 0.4) is 0 Å². The number of rotatable bonds is 11. The summed E-state index contributed by atoms with van der Waals surface area (Å²) in [7, 11) is 0. The van der Waals surface area contributed by atoms with Gasteiger partial charge in [0.05, 0.1) is 24.0 Å². The van der Waals surface area contributed by atoms with Crippen LogP contribution in [0, 0.1) is 0 Å². The van der Waals surface area contributed by atoms with Gasteiger partial charge in [0, 0.05) is 36.3 Å². The molecule has 0 saturated carbocycles. The molecule has 0 saturated heterocycles. The van der Waals surface area contributed by atoms with Crippen LogP contribution in [0.2, 0.25) is 0 Å². The van der Waals surface area contributed by atoms with E-state index in [2.05, 4.69) is 133 Å². The normalized spacial score (nSPS) is 15.1. The summed E-state index contributed by atoms with van der Waals surface area (Å²) in [4.78, 5) is 8.00. The standard InChI is InChI=1S/C38H41N3O2/c1-3-4-23-41-37(36(32-17-11-5-6-12-18-32)39-38(41)33-19-13-8-14-20-33)29(2)40(25-30-15-9-7-10-16-30)26-31-21-22-34-27-42-28-43-35(34)24-31/h5,7-22,24,29H,3-4,6,23,25-28H2,1-2H3. The predicted octanol–water partition coefficient (Wildman–Crippen LogP) is 8.88. The molecule has 0 radical (unpaired) electrons. The summed E-state index contributed by atoms with van der Waals surface area (Å²) < 4.78 is 13.9. The summed E-state index contributed by atoms with van der Waals surface area (Å²) in [5.74, 6) is 1.96. The lowest BCUT2D eigenvalue weighted by Crippen LogP contribution is -2.29. The third kappa shape index (κ3) is 6.74. The number of imidazole rings is 1. The van der Waals surface area contributed by atoms with E-state index in [9.17, 15) is 0 Å². The lowest BCUT2D eigenvalue weighted by molar-refractivity contribution is -0.0164. The lowest BCUT2D eigenvalue weighted by atomic mass is 10.0. The van der Waals surface area contributed by atoms with Crippen LogP contribution >= 0.6 is 0 Å². The summed E-state index contributed by atoms with van der Waals surface area (Å²) in [5, 5.41) is 0. The molecular formula is C38H41N3O2. The maximum atomic E-state index is 5.86. The topological polar surface area (TPSA) is 39.5 Å². The van der Waals surface area contributed by atoms with Gasteiger partial charge in [-0.1, -0.05) is 117 Å². The van der Waals surface area contributed by atoms with Gasteiger partial charge in [0.1, 0.15) is 11.6 Å². The zero-order valence-electron chi connectivity index (χ0n) is 25.3. The van der Waals surface area contributed by atoms with Crippen LogP contribution in [-0.2, 0) is 31.0 Å². The van der Waals surface area contributed by atoms with Crippen LogP contribution in [0.4, 0.5) is 0 Å². The molecule has 0 fully saturated rings. The van der Waals surface area contributed by atoms with E-state index in [1.165, 1.54) is 16.8 Å². The highest BCUT2D eigenvalue weighted by atomic mass is 16.7. The Kier molecular flexibility index (Phi) is 9.31. The van der Waals surface area contributed by atoms with E-state index in [4.69, 9.17) is 14.5 Å². The van der Waals surface area contributed by atoms with E-state index in [0.717, 1.165) is 72.9 Å². The van der Waals surface area contributed by atoms with Crippen molar-refractivity contribution in [2.24, 2.45) is 0 Å². The molecule has 1 atom stereocenters. The van der Waals surface area contributed by atoms with Crippen molar-refractivity contribution in [3.63, 3.8) is 0 Å². The van der Waals surface area contributed by atoms with Gasteiger partial charge in [0.15, 0.2) is 6.79 Å². The van der Waals surface area contributed by atoms with Crippen molar-refractivity contribution in [2.45, 2.75) is 65.4 Å². The molecule has 2 heterocycles. The average Bonchev–Trinajstić information content (AvgIpc) is 3.21. The van der Waals surface area contributed by atoms with Crippen LogP contribution in [0.5, 0.6) is 5.75 Å². The molecular weight excluding hydrogens is 530 g/mol. The van der Waals surface area contributed by atoms with Crippen molar-refractivity contribution in [2.75, 3.05) is 6.79 Å². The monoisotopic (exact) mass is 571 g/mol. The van der Waals surface area contributed by atoms with Crippen LogP contribution < -0.4 is 4.74 Å². The van der Waals surface area contributed by atoms with Gasteiger partial charge in [-0.05, 0) is 37.0 Å².